The van der Waals surface area contributed by atoms with Crippen molar-refractivity contribution in [1.29, 1.82) is 0 Å². The Labute approximate surface area is 170 Å². The van der Waals surface area contributed by atoms with Crippen molar-refractivity contribution in [2.24, 2.45) is 0 Å². The summed E-state index contributed by atoms with van der Waals surface area (Å²) in [5.41, 5.74) is 1.62. The first-order chi connectivity index (χ1) is 13.3. The monoisotopic (exact) mass is 390 g/mol. The Morgan fingerprint density at radius 1 is 0.929 bits per heavy atom. The predicted molar refractivity (Wildman–Crippen MR) is 116 cm³/mol. The minimum Gasteiger partial charge on any atom is -0.444 e. The molecule has 0 aliphatic rings. The van der Waals surface area contributed by atoms with E-state index in [-0.39, 0.29) is 5.91 Å². The number of rotatable bonds is 12. The predicted octanol–water partition coefficient (Wildman–Crippen LogP) is 5.83. The summed E-state index contributed by atoms with van der Waals surface area (Å²) in [6.45, 7) is 8.11. The van der Waals surface area contributed by atoms with Crippen LogP contribution in [0.15, 0.2) is 24.3 Å². The molecule has 0 atom stereocenters. The summed E-state index contributed by atoms with van der Waals surface area (Å²) in [6.07, 6.45) is 9.37. The maximum Gasteiger partial charge on any atom is 0.407 e. The molecule has 0 aromatic heterocycles. The van der Waals surface area contributed by atoms with Crippen molar-refractivity contribution in [2.75, 3.05) is 11.9 Å². The number of benzene rings is 1. The number of alkyl carbamates (subject to hydrolysis) is 1. The van der Waals surface area contributed by atoms with Crippen LogP contribution in [0.1, 0.15) is 84.6 Å². The third-order valence-corrected chi connectivity index (χ3v) is 4.31. The highest BCUT2D eigenvalue weighted by Gasteiger charge is 2.15. The fourth-order valence-electron chi connectivity index (χ4n) is 2.84. The second-order valence-corrected chi connectivity index (χ2v) is 8.30. The summed E-state index contributed by atoms with van der Waals surface area (Å²) in [4.78, 5) is 23.5. The van der Waals surface area contributed by atoms with E-state index >= 15 is 0 Å². The van der Waals surface area contributed by atoms with Crippen LogP contribution in [0.5, 0.6) is 0 Å². The van der Waals surface area contributed by atoms with Gasteiger partial charge in [-0.1, -0.05) is 51.2 Å². The lowest BCUT2D eigenvalue weighted by Crippen LogP contribution is -2.33. The van der Waals surface area contributed by atoms with Gasteiger partial charge >= 0.3 is 6.09 Å². The van der Waals surface area contributed by atoms with Gasteiger partial charge in [0, 0.05) is 18.7 Å². The second-order valence-electron chi connectivity index (χ2n) is 8.30. The van der Waals surface area contributed by atoms with E-state index in [1.807, 2.05) is 32.9 Å². The van der Waals surface area contributed by atoms with E-state index in [0.29, 0.717) is 19.4 Å². The van der Waals surface area contributed by atoms with Crippen LogP contribution in [-0.2, 0) is 16.0 Å². The zero-order valence-electron chi connectivity index (χ0n) is 18.1. The molecular formula is C23H38N2O3. The second kappa shape index (κ2) is 13.2. The van der Waals surface area contributed by atoms with E-state index in [1.54, 1.807) is 0 Å². The molecule has 0 heterocycles. The fraction of sp³-hybridized carbons (Fsp3) is 0.652. The summed E-state index contributed by atoms with van der Waals surface area (Å²) in [5.74, 6) is -0.0466. The molecule has 0 radical (unpaired) electrons. The minimum absolute atomic E-state index is 0.0466. The van der Waals surface area contributed by atoms with Gasteiger partial charge in [-0.15, -0.1) is 0 Å². The van der Waals surface area contributed by atoms with Crippen molar-refractivity contribution >= 4 is 17.7 Å². The largest absolute Gasteiger partial charge is 0.444 e. The lowest BCUT2D eigenvalue weighted by Gasteiger charge is -2.19. The molecule has 1 aromatic rings. The Morgan fingerprint density at radius 2 is 1.57 bits per heavy atom. The zero-order valence-corrected chi connectivity index (χ0v) is 18.1. The van der Waals surface area contributed by atoms with Gasteiger partial charge in [0.05, 0.1) is 0 Å². The van der Waals surface area contributed by atoms with Gasteiger partial charge in [-0.25, -0.2) is 4.79 Å². The number of carbonyl (C=O) groups is 2. The van der Waals surface area contributed by atoms with E-state index in [4.69, 9.17) is 4.74 Å². The van der Waals surface area contributed by atoms with Crippen molar-refractivity contribution in [3.8, 4) is 0 Å². The summed E-state index contributed by atoms with van der Waals surface area (Å²) in [5, 5.41) is 5.56. The number of hydrogen-bond acceptors (Lipinski definition) is 3. The molecule has 0 saturated carbocycles. The Morgan fingerprint density at radius 3 is 2.21 bits per heavy atom. The molecule has 0 spiro atoms. The number of amides is 2. The maximum absolute atomic E-state index is 12.0. The van der Waals surface area contributed by atoms with E-state index < -0.39 is 11.7 Å². The van der Waals surface area contributed by atoms with Crippen molar-refractivity contribution in [2.45, 2.75) is 91.1 Å². The molecule has 0 unspecified atom stereocenters. The Kier molecular flexibility index (Phi) is 11.3. The highest BCUT2D eigenvalue weighted by molar-refractivity contribution is 5.90. The first-order valence-corrected chi connectivity index (χ1v) is 10.7. The number of unbranched alkanes of at least 4 members (excludes halogenated alkanes) is 5. The molecule has 1 aromatic carbocycles. The molecule has 1 rings (SSSR count). The van der Waals surface area contributed by atoms with Crippen molar-refractivity contribution in [3.05, 3.63) is 29.8 Å². The van der Waals surface area contributed by atoms with Crippen molar-refractivity contribution in [3.63, 3.8) is 0 Å². The molecule has 2 amide bonds. The summed E-state index contributed by atoms with van der Waals surface area (Å²) in [7, 11) is 0. The lowest BCUT2D eigenvalue weighted by atomic mass is 10.0. The van der Waals surface area contributed by atoms with Gasteiger partial charge in [-0.3, -0.25) is 4.79 Å². The Balaban J connectivity index is 2.18. The third kappa shape index (κ3) is 12.4. The van der Waals surface area contributed by atoms with Crippen LogP contribution in [0.3, 0.4) is 0 Å². The summed E-state index contributed by atoms with van der Waals surface area (Å²) in [6, 6.07) is 8.10. The quantitative estimate of drug-likeness (QED) is 0.441. The van der Waals surface area contributed by atoms with Crippen molar-refractivity contribution < 1.29 is 14.3 Å². The number of nitrogens with one attached hydrogen (secondary N) is 2. The molecular weight excluding hydrogens is 352 g/mol. The van der Waals surface area contributed by atoms with Gasteiger partial charge in [0.1, 0.15) is 5.60 Å². The highest BCUT2D eigenvalue weighted by atomic mass is 16.6. The summed E-state index contributed by atoms with van der Waals surface area (Å²) >= 11 is 0. The van der Waals surface area contributed by atoms with E-state index in [9.17, 15) is 9.59 Å². The zero-order chi connectivity index (χ0) is 20.8. The van der Waals surface area contributed by atoms with Crippen LogP contribution in [0.4, 0.5) is 10.5 Å². The number of anilines is 1. The van der Waals surface area contributed by atoms with Crippen LogP contribution in [0.25, 0.3) is 0 Å². The first kappa shape index (κ1) is 24.0. The van der Waals surface area contributed by atoms with Crippen LogP contribution >= 0.6 is 0 Å². The van der Waals surface area contributed by atoms with Crippen LogP contribution in [0, 0.1) is 0 Å². The molecule has 5 heteroatoms. The number of hydrogen-bond donors (Lipinski definition) is 2. The normalized spacial score (nSPS) is 11.1. The van der Waals surface area contributed by atoms with Crippen LogP contribution in [-0.4, -0.2) is 24.1 Å². The molecule has 0 fully saturated rings. The van der Waals surface area contributed by atoms with Crippen LogP contribution < -0.4 is 10.6 Å². The first-order valence-electron chi connectivity index (χ1n) is 10.7. The van der Waals surface area contributed by atoms with Gasteiger partial charge in [-0.2, -0.15) is 0 Å². The maximum atomic E-state index is 12.0. The SMILES string of the molecule is CCCCCCCCc1ccc(NC(=O)CCCNC(=O)OC(C)(C)C)cc1. The fourth-order valence-corrected chi connectivity index (χ4v) is 2.84. The molecule has 28 heavy (non-hydrogen) atoms. The Hall–Kier alpha value is -2.04. The van der Waals surface area contributed by atoms with Gasteiger partial charge in [0.15, 0.2) is 0 Å². The van der Waals surface area contributed by atoms with E-state index in [1.165, 1.54) is 44.1 Å². The Bertz CT molecular complexity index is 577. The van der Waals surface area contributed by atoms with Gasteiger partial charge < -0.3 is 15.4 Å². The van der Waals surface area contributed by atoms with Crippen LogP contribution in [0.2, 0.25) is 0 Å². The molecule has 0 saturated heterocycles. The minimum atomic E-state index is -0.511. The topological polar surface area (TPSA) is 67.4 Å². The molecule has 5 nitrogen and oxygen atoms in total. The van der Waals surface area contributed by atoms with Gasteiger partial charge in [-0.05, 0) is 57.7 Å². The number of aryl methyl sites for hydroxylation is 1. The van der Waals surface area contributed by atoms with Gasteiger partial charge in [0.25, 0.3) is 0 Å². The molecule has 0 aliphatic carbocycles. The average molecular weight is 391 g/mol. The molecule has 0 aliphatic heterocycles. The van der Waals surface area contributed by atoms with E-state index in [0.717, 1.165) is 12.1 Å². The van der Waals surface area contributed by atoms with Crippen molar-refractivity contribution in [1.82, 2.24) is 5.32 Å². The van der Waals surface area contributed by atoms with Gasteiger partial charge in [0.2, 0.25) is 5.91 Å². The standard InChI is InChI=1S/C23H38N2O3/c1-5-6-7-8-9-10-12-19-14-16-20(17-15-19)25-21(26)13-11-18-24-22(27)28-23(2,3)4/h14-17H,5-13,18H2,1-4H3,(H,24,27)(H,25,26). The average Bonchev–Trinajstić information content (AvgIpc) is 2.61. The molecule has 2 N–H and O–H groups in total. The molecule has 158 valence electrons. The van der Waals surface area contributed by atoms with E-state index in [2.05, 4.69) is 29.7 Å². The molecule has 0 bridgehead atoms. The number of ether oxygens (including phenoxy) is 1. The smallest absolute Gasteiger partial charge is 0.407 e. The third-order valence-electron chi connectivity index (χ3n) is 4.31. The number of carbonyl (C=O) groups excluding carboxylic acids is 2. The summed E-state index contributed by atoms with van der Waals surface area (Å²) < 4.78 is 5.15. The lowest BCUT2D eigenvalue weighted by molar-refractivity contribution is -0.116. The highest BCUT2D eigenvalue weighted by Crippen LogP contribution is 2.14.